The van der Waals surface area contributed by atoms with Gasteiger partial charge < -0.3 is 15.7 Å². The second kappa shape index (κ2) is 5.83. The highest BCUT2D eigenvalue weighted by atomic mass is 32.1. The van der Waals surface area contributed by atoms with Crippen LogP contribution in [-0.4, -0.2) is 23.7 Å². The molecule has 0 aliphatic heterocycles. The first-order chi connectivity index (χ1) is 9.43. The van der Waals surface area contributed by atoms with Crippen LogP contribution in [-0.2, 0) is 4.79 Å². The Labute approximate surface area is 122 Å². The van der Waals surface area contributed by atoms with E-state index in [1.165, 1.54) is 4.88 Å². The summed E-state index contributed by atoms with van der Waals surface area (Å²) in [6.45, 7) is 4.14. The number of rotatable bonds is 5. The van der Waals surface area contributed by atoms with E-state index in [4.69, 9.17) is 0 Å². The van der Waals surface area contributed by atoms with Gasteiger partial charge in [-0.3, -0.25) is 4.79 Å². The first-order valence-electron chi connectivity index (χ1n) is 6.77. The van der Waals surface area contributed by atoms with Gasteiger partial charge in [-0.15, -0.1) is 11.3 Å². The fourth-order valence-corrected chi connectivity index (χ4v) is 3.20. The summed E-state index contributed by atoms with van der Waals surface area (Å²) in [5, 5.41) is 14.7. The van der Waals surface area contributed by atoms with E-state index in [0.29, 0.717) is 12.8 Å². The predicted octanol–water partition coefficient (Wildman–Crippen LogP) is 2.67. The molecule has 3 N–H and O–H groups in total. The number of carbonyl (C=O) groups excluding carboxylic acids is 1. The molecule has 0 spiro atoms. The van der Waals surface area contributed by atoms with Gasteiger partial charge >= 0.3 is 12.0 Å². The molecular formula is C14H20N2O3S. The van der Waals surface area contributed by atoms with Crippen LogP contribution in [0.2, 0.25) is 0 Å². The van der Waals surface area contributed by atoms with Gasteiger partial charge in [0, 0.05) is 16.3 Å². The Kier molecular flexibility index (Phi) is 4.32. The van der Waals surface area contributed by atoms with Gasteiger partial charge in [-0.25, -0.2) is 4.79 Å². The van der Waals surface area contributed by atoms with E-state index in [9.17, 15) is 14.7 Å². The fourth-order valence-electron chi connectivity index (χ4n) is 2.32. The number of urea groups is 1. The highest BCUT2D eigenvalue weighted by Crippen LogP contribution is 2.40. The lowest BCUT2D eigenvalue weighted by Crippen LogP contribution is -2.49. The number of carbonyl (C=O) groups is 2. The summed E-state index contributed by atoms with van der Waals surface area (Å²) in [5.41, 5.74) is -0.750. The molecule has 1 saturated carbocycles. The molecule has 20 heavy (non-hydrogen) atoms. The summed E-state index contributed by atoms with van der Waals surface area (Å²) in [7, 11) is 0. The van der Waals surface area contributed by atoms with Crippen molar-refractivity contribution in [3.63, 3.8) is 0 Å². The van der Waals surface area contributed by atoms with Crippen LogP contribution >= 0.6 is 11.3 Å². The molecule has 1 unspecified atom stereocenters. The maximum Gasteiger partial charge on any atom is 0.315 e. The zero-order valence-electron chi connectivity index (χ0n) is 11.7. The number of thiophene rings is 1. The predicted molar refractivity (Wildman–Crippen MR) is 77.9 cm³/mol. The Morgan fingerprint density at radius 3 is 2.60 bits per heavy atom. The Morgan fingerprint density at radius 2 is 2.15 bits per heavy atom. The van der Waals surface area contributed by atoms with E-state index in [-0.39, 0.29) is 18.6 Å². The second-order valence-corrected chi connectivity index (χ2v) is 6.76. The normalized spacial score (nSPS) is 17.9. The van der Waals surface area contributed by atoms with Crippen LogP contribution in [0.3, 0.4) is 0 Å². The van der Waals surface area contributed by atoms with Crippen molar-refractivity contribution in [3.05, 3.63) is 21.9 Å². The first-order valence-corrected chi connectivity index (χ1v) is 7.59. The number of aryl methyl sites for hydroxylation is 1. The van der Waals surface area contributed by atoms with E-state index in [2.05, 4.69) is 10.6 Å². The van der Waals surface area contributed by atoms with Gasteiger partial charge in [-0.1, -0.05) is 6.42 Å². The molecular weight excluding hydrogens is 276 g/mol. The van der Waals surface area contributed by atoms with Gasteiger partial charge in [0.2, 0.25) is 0 Å². The van der Waals surface area contributed by atoms with Crippen molar-refractivity contribution in [2.24, 2.45) is 5.41 Å². The van der Waals surface area contributed by atoms with Crippen molar-refractivity contribution in [1.82, 2.24) is 10.6 Å². The minimum absolute atomic E-state index is 0.0733. The van der Waals surface area contributed by atoms with Gasteiger partial charge in [0.25, 0.3) is 0 Å². The van der Waals surface area contributed by atoms with Crippen molar-refractivity contribution in [2.45, 2.75) is 39.2 Å². The Balaban J connectivity index is 1.82. The maximum absolute atomic E-state index is 11.8. The number of aliphatic carboxylic acids is 1. The number of nitrogens with one attached hydrogen (secondary N) is 2. The van der Waals surface area contributed by atoms with Crippen LogP contribution in [0.1, 0.15) is 42.0 Å². The summed E-state index contributed by atoms with van der Waals surface area (Å²) in [6, 6.07) is 3.63. The zero-order valence-corrected chi connectivity index (χ0v) is 12.5. The summed E-state index contributed by atoms with van der Waals surface area (Å²) in [6.07, 6.45) is 2.20. The van der Waals surface area contributed by atoms with Gasteiger partial charge in [0.05, 0.1) is 11.5 Å². The number of amides is 2. The summed E-state index contributed by atoms with van der Waals surface area (Å²) < 4.78 is 0. The SMILES string of the molecule is Cc1ccc(C(C)NC(=O)NCC2(C(=O)O)CCC2)s1. The fraction of sp³-hybridized carbons (Fsp3) is 0.571. The van der Waals surface area contributed by atoms with Crippen LogP contribution in [0.25, 0.3) is 0 Å². The molecule has 5 nitrogen and oxygen atoms in total. The number of hydrogen-bond acceptors (Lipinski definition) is 3. The lowest BCUT2D eigenvalue weighted by molar-refractivity contribution is -0.153. The highest BCUT2D eigenvalue weighted by molar-refractivity contribution is 7.12. The van der Waals surface area contributed by atoms with Crippen LogP contribution in [0.5, 0.6) is 0 Å². The Bertz CT molecular complexity index is 508. The van der Waals surface area contributed by atoms with Gasteiger partial charge in [0.1, 0.15) is 0 Å². The molecule has 0 aromatic carbocycles. The van der Waals surface area contributed by atoms with Crippen LogP contribution in [0.15, 0.2) is 12.1 Å². The highest BCUT2D eigenvalue weighted by Gasteiger charge is 2.44. The third-order valence-electron chi connectivity index (χ3n) is 3.89. The molecule has 6 heteroatoms. The Hall–Kier alpha value is -1.56. The average Bonchev–Trinajstić information content (AvgIpc) is 2.74. The van der Waals surface area contributed by atoms with E-state index in [1.807, 2.05) is 26.0 Å². The molecule has 1 aromatic heterocycles. The largest absolute Gasteiger partial charge is 0.481 e. The Morgan fingerprint density at radius 1 is 1.45 bits per heavy atom. The van der Waals surface area contributed by atoms with Gasteiger partial charge in [0.15, 0.2) is 0 Å². The average molecular weight is 296 g/mol. The zero-order chi connectivity index (χ0) is 14.8. The molecule has 1 aliphatic carbocycles. The molecule has 1 fully saturated rings. The molecule has 1 atom stereocenters. The third kappa shape index (κ3) is 3.12. The van der Waals surface area contributed by atoms with Crippen molar-refractivity contribution >= 4 is 23.3 Å². The van der Waals surface area contributed by atoms with Gasteiger partial charge in [-0.2, -0.15) is 0 Å². The number of carboxylic acid groups (broad SMARTS) is 1. The molecule has 0 saturated heterocycles. The lowest BCUT2D eigenvalue weighted by atomic mass is 9.69. The topological polar surface area (TPSA) is 78.4 Å². The maximum atomic E-state index is 11.8. The smallest absolute Gasteiger partial charge is 0.315 e. The lowest BCUT2D eigenvalue weighted by Gasteiger charge is -2.37. The molecule has 0 radical (unpaired) electrons. The summed E-state index contributed by atoms with van der Waals surface area (Å²) in [4.78, 5) is 25.3. The van der Waals surface area contributed by atoms with Crippen LogP contribution in [0.4, 0.5) is 4.79 Å². The molecule has 1 aliphatic rings. The molecule has 2 rings (SSSR count). The van der Waals surface area contributed by atoms with Gasteiger partial charge in [-0.05, 0) is 38.8 Å². The van der Waals surface area contributed by atoms with E-state index in [0.717, 1.165) is 11.3 Å². The van der Waals surface area contributed by atoms with Crippen LogP contribution < -0.4 is 10.6 Å². The molecule has 1 heterocycles. The monoisotopic (exact) mass is 296 g/mol. The molecule has 110 valence electrons. The van der Waals surface area contributed by atoms with Crippen molar-refractivity contribution in [2.75, 3.05) is 6.54 Å². The van der Waals surface area contributed by atoms with Crippen molar-refractivity contribution < 1.29 is 14.7 Å². The van der Waals surface area contributed by atoms with Crippen molar-refractivity contribution in [1.29, 1.82) is 0 Å². The van der Waals surface area contributed by atoms with Crippen molar-refractivity contribution in [3.8, 4) is 0 Å². The van der Waals surface area contributed by atoms with Crippen LogP contribution in [0, 0.1) is 12.3 Å². The summed E-state index contributed by atoms with van der Waals surface area (Å²) in [5.74, 6) is -0.814. The minimum atomic E-state index is -0.814. The molecule has 1 aromatic rings. The van der Waals surface area contributed by atoms with E-state index < -0.39 is 11.4 Å². The van der Waals surface area contributed by atoms with E-state index >= 15 is 0 Å². The second-order valence-electron chi connectivity index (χ2n) is 5.44. The minimum Gasteiger partial charge on any atom is -0.481 e. The number of hydrogen-bond donors (Lipinski definition) is 3. The van der Waals surface area contributed by atoms with E-state index in [1.54, 1.807) is 11.3 Å². The quantitative estimate of drug-likeness (QED) is 0.781. The summed E-state index contributed by atoms with van der Waals surface area (Å²) >= 11 is 1.65. The third-order valence-corrected chi connectivity index (χ3v) is 5.07. The number of carboxylic acids is 1. The molecule has 0 bridgehead atoms. The standard InChI is InChI=1S/C14H20N2O3S/c1-9-4-5-11(20-9)10(2)16-13(19)15-8-14(12(17)18)6-3-7-14/h4-5,10H,3,6-8H2,1-2H3,(H,17,18)(H2,15,16,19). The first kappa shape index (κ1) is 14.8. The molecule has 2 amide bonds.